The zero-order chi connectivity index (χ0) is 21.1. The van der Waals surface area contributed by atoms with Crippen molar-refractivity contribution in [3.63, 3.8) is 0 Å². The predicted molar refractivity (Wildman–Crippen MR) is 100 cm³/mol. The summed E-state index contributed by atoms with van der Waals surface area (Å²) in [6.07, 6.45) is -5.98. The SMILES string of the molecule is CC(C(=O)N1CCN(Cc2ccccc2Cl)CC1)n1nc(C(F)F)cc1C(F)F. The number of carbonyl (C=O) groups excluding carboxylic acids is 1. The zero-order valence-electron chi connectivity index (χ0n) is 15.7. The minimum atomic E-state index is -3.00. The Balaban J connectivity index is 1.64. The number of rotatable bonds is 6. The van der Waals surface area contributed by atoms with Gasteiger partial charge in [-0.1, -0.05) is 29.8 Å². The largest absolute Gasteiger partial charge is 0.338 e. The second kappa shape index (κ2) is 9.13. The molecule has 158 valence electrons. The van der Waals surface area contributed by atoms with Gasteiger partial charge in [-0.3, -0.25) is 14.4 Å². The summed E-state index contributed by atoms with van der Waals surface area (Å²) >= 11 is 6.18. The number of hydrogen-bond acceptors (Lipinski definition) is 3. The van der Waals surface area contributed by atoms with Crippen LogP contribution in [0.25, 0.3) is 0 Å². The summed E-state index contributed by atoms with van der Waals surface area (Å²) in [4.78, 5) is 16.5. The average Bonchev–Trinajstić information content (AvgIpc) is 3.15. The molecule has 0 aliphatic carbocycles. The van der Waals surface area contributed by atoms with Crippen molar-refractivity contribution in [1.82, 2.24) is 19.6 Å². The number of amides is 1. The molecular weight excluding hydrogens is 412 g/mol. The Hall–Kier alpha value is -2.13. The Morgan fingerprint density at radius 1 is 1.10 bits per heavy atom. The highest BCUT2D eigenvalue weighted by molar-refractivity contribution is 6.31. The Morgan fingerprint density at radius 2 is 1.76 bits per heavy atom. The van der Waals surface area contributed by atoms with E-state index in [1.54, 1.807) is 4.90 Å². The van der Waals surface area contributed by atoms with Crippen LogP contribution in [0.1, 0.15) is 42.8 Å². The van der Waals surface area contributed by atoms with Gasteiger partial charge in [0.05, 0.1) is 0 Å². The number of piperazine rings is 1. The van der Waals surface area contributed by atoms with Crippen LogP contribution < -0.4 is 0 Å². The van der Waals surface area contributed by atoms with Crippen LogP contribution in [0.15, 0.2) is 30.3 Å². The molecule has 1 amide bonds. The fourth-order valence-electron chi connectivity index (χ4n) is 3.37. The van der Waals surface area contributed by atoms with E-state index in [0.29, 0.717) is 48.5 Å². The van der Waals surface area contributed by atoms with Crippen molar-refractivity contribution in [3.8, 4) is 0 Å². The Bertz CT molecular complexity index is 852. The van der Waals surface area contributed by atoms with E-state index in [2.05, 4.69) is 10.00 Å². The molecule has 5 nitrogen and oxygen atoms in total. The molecule has 0 N–H and O–H groups in total. The highest BCUT2D eigenvalue weighted by atomic mass is 35.5. The summed E-state index contributed by atoms with van der Waals surface area (Å²) in [5, 5.41) is 4.22. The summed E-state index contributed by atoms with van der Waals surface area (Å²) < 4.78 is 52.9. The smallest absolute Gasteiger partial charge is 0.282 e. The van der Waals surface area contributed by atoms with E-state index < -0.39 is 36.2 Å². The van der Waals surface area contributed by atoms with Crippen LogP contribution in [0.4, 0.5) is 17.6 Å². The second-order valence-corrected chi connectivity index (χ2v) is 7.32. The second-order valence-electron chi connectivity index (χ2n) is 6.91. The van der Waals surface area contributed by atoms with Gasteiger partial charge in [0.25, 0.3) is 12.9 Å². The molecule has 1 atom stereocenters. The third-order valence-electron chi connectivity index (χ3n) is 4.99. The molecule has 2 heterocycles. The van der Waals surface area contributed by atoms with Gasteiger partial charge in [-0.2, -0.15) is 5.10 Å². The van der Waals surface area contributed by atoms with Crippen molar-refractivity contribution in [3.05, 3.63) is 52.3 Å². The number of alkyl halides is 4. The summed E-state index contributed by atoms with van der Waals surface area (Å²) in [5.74, 6) is -0.423. The first-order valence-electron chi connectivity index (χ1n) is 9.18. The first-order chi connectivity index (χ1) is 13.8. The molecule has 3 rings (SSSR count). The maximum atomic E-state index is 13.2. The lowest BCUT2D eigenvalue weighted by Gasteiger charge is -2.36. The van der Waals surface area contributed by atoms with E-state index in [1.807, 2.05) is 24.3 Å². The lowest BCUT2D eigenvalue weighted by Crippen LogP contribution is -2.50. The lowest BCUT2D eigenvalue weighted by molar-refractivity contribution is -0.136. The first kappa shape index (κ1) is 21.6. The molecule has 0 saturated carbocycles. The highest BCUT2D eigenvalue weighted by Crippen LogP contribution is 2.28. The third-order valence-corrected chi connectivity index (χ3v) is 5.36. The van der Waals surface area contributed by atoms with Crippen LogP contribution in [0.3, 0.4) is 0 Å². The van der Waals surface area contributed by atoms with Crippen molar-refractivity contribution in [2.45, 2.75) is 32.4 Å². The average molecular weight is 433 g/mol. The molecule has 1 aromatic carbocycles. The van der Waals surface area contributed by atoms with E-state index >= 15 is 0 Å². The minimum absolute atomic E-state index is 0.403. The minimum Gasteiger partial charge on any atom is -0.338 e. The molecule has 10 heteroatoms. The number of aromatic nitrogens is 2. The first-order valence-corrected chi connectivity index (χ1v) is 9.56. The molecular formula is C19H21ClF4N4O. The summed E-state index contributed by atoms with van der Waals surface area (Å²) in [6, 6.07) is 7.07. The summed E-state index contributed by atoms with van der Waals surface area (Å²) in [7, 11) is 0. The summed E-state index contributed by atoms with van der Waals surface area (Å²) in [5.41, 5.74) is -0.456. The fourth-order valence-corrected chi connectivity index (χ4v) is 3.57. The van der Waals surface area contributed by atoms with Gasteiger partial charge < -0.3 is 4.90 Å². The Morgan fingerprint density at radius 3 is 2.34 bits per heavy atom. The molecule has 29 heavy (non-hydrogen) atoms. The van der Waals surface area contributed by atoms with Crippen molar-refractivity contribution in [1.29, 1.82) is 0 Å². The molecule has 1 aromatic heterocycles. The molecule has 2 aromatic rings. The van der Waals surface area contributed by atoms with Crippen LogP contribution in [-0.2, 0) is 11.3 Å². The lowest BCUT2D eigenvalue weighted by atomic mass is 10.2. The number of halogens is 5. The fraction of sp³-hybridized carbons (Fsp3) is 0.474. The maximum absolute atomic E-state index is 13.2. The van der Waals surface area contributed by atoms with Gasteiger partial charge in [0.2, 0.25) is 5.91 Å². The van der Waals surface area contributed by atoms with Gasteiger partial charge in [-0.15, -0.1) is 0 Å². The number of carbonyl (C=O) groups is 1. The number of hydrogen-bond donors (Lipinski definition) is 0. The third kappa shape index (κ3) is 4.90. The van der Waals surface area contributed by atoms with E-state index in [1.165, 1.54) is 6.92 Å². The molecule has 1 aliphatic heterocycles. The number of nitrogens with zero attached hydrogens (tertiary/aromatic N) is 4. The van der Waals surface area contributed by atoms with Crippen molar-refractivity contribution in [2.75, 3.05) is 26.2 Å². The Kier molecular flexibility index (Phi) is 6.79. The number of benzene rings is 1. The van der Waals surface area contributed by atoms with Crippen molar-refractivity contribution >= 4 is 17.5 Å². The van der Waals surface area contributed by atoms with Crippen LogP contribution in [0, 0.1) is 0 Å². The molecule has 1 fully saturated rings. The molecule has 0 radical (unpaired) electrons. The van der Waals surface area contributed by atoms with Gasteiger partial charge in [-0.25, -0.2) is 17.6 Å². The molecule has 1 unspecified atom stereocenters. The summed E-state index contributed by atoms with van der Waals surface area (Å²) in [6.45, 7) is 4.02. The normalized spacial score (nSPS) is 16.6. The monoisotopic (exact) mass is 432 g/mol. The molecule has 1 saturated heterocycles. The van der Waals surface area contributed by atoms with Crippen molar-refractivity contribution < 1.29 is 22.4 Å². The standard InChI is InChI=1S/C19H21ClF4N4O/c1-12(28-16(18(23)24)10-15(25-28)17(21)22)19(29)27-8-6-26(7-9-27)11-13-4-2-3-5-14(13)20/h2-5,10,12,17-18H,6-9,11H2,1H3. The molecule has 0 bridgehead atoms. The van der Waals surface area contributed by atoms with E-state index in [-0.39, 0.29) is 0 Å². The molecule has 1 aliphatic rings. The van der Waals surface area contributed by atoms with Gasteiger partial charge >= 0.3 is 0 Å². The van der Waals surface area contributed by atoms with Crippen LogP contribution in [0.5, 0.6) is 0 Å². The molecule has 0 spiro atoms. The van der Waals surface area contributed by atoms with Crippen LogP contribution >= 0.6 is 11.6 Å². The van der Waals surface area contributed by atoms with Crippen LogP contribution in [0.2, 0.25) is 5.02 Å². The highest BCUT2D eigenvalue weighted by Gasteiger charge is 2.31. The van der Waals surface area contributed by atoms with Crippen molar-refractivity contribution in [2.24, 2.45) is 0 Å². The van der Waals surface area contributed by atoms with E-state index in [0.717, 1.165) is 5.56 Å². The van der Waals surface area contributed by atoms with Crippen LogP contribution in [-0.4, -0.2) is 51.7 Å². The maximum Gasteiger partial charge on any atom is 0.282 e. The Labute approximate surface area is 170 Å². The van der Waals surface area contributed by atoms with E-state index in [4.69, 9.17) is 11.6 Å². The van der Waals surface area contributed by atoms with E-state index in [9.17, 15) is 22.4 Å². The topological polar surface area (TPSA) is 41.4 Å². The van der Waals surface area contributed by atoms with Gasteiger partial charge in [0.1, 0.15) is 17.4 Å². The predicted octanol–water partition coefficient (Wildman–Crippen LogP) is 4.32. The van der Waals surface area contributed by atoms with Gasteiger partial charge in [0, 0.05) is 37.7 Å². The quantitative estimate of drug-likeness (QED) is 0.638. The van der Waals surface area contributed by atoms with Gasteiger partial charge in [0.15, 0.2) is 0 Å². The zero-order valence-corrected chi connectivity index (χ0v) is 16.5. The van der Waals surface area contributed by atoms with Gasteiger partial charge in [-0.05, 0) is 24.6 Å².